The average molecular weight is 415 g/mol. The van der Waals surface area contributed by atoms with Gasteiger partial charge in [-0.2, -0.15) is 0 Å². The molecule has 4 heterocycles. The molecule has 162 valence electrons. The van der Waals surface area contributed by atoms with Crippen molar-refractivity contribution >= 4 is 23.0 Å². The molecule has 2 aliphatic rings. The van der Waals surface area contributed by atoms with Gasteiger partial charge in [0.25, 0.3) is 0 Å². The number of nitrogens with zero attached hydrogens (tertiary/aromatic N) is 3. The number of carbonyl (C=O) groups is 2. The summed E-state index contributed by atoms with van der Waals surface area (Å²) in [4.78, 5) is 32.6. The van der Waals surface area contributed by atoms with E-state index < -0.39 is 5.60 Å². The third-order valence-electron chi connectivity index (χ3n) is 5.47. The summed E-state index contributed by atoms with van der Waals surface area (Å²) >= 11 is 0. The lowest BCUT2D eigenvalue weighted by Crippen LogP contribution is -2.51. The van der Waals surface area contributed by atoms with Gasteiger partial charge in [0.2, 0.25) is 0 Å². The van der Waals surface area contributed by atoms with Gasteiger partial charge in [-0.3, -0.25) is 14.7 Å². The molecule has 30 heavy (non-hydrogen) atoms. The zero-order valence-electron chi connectivity index (χ0n) is 17.8. The molecule has 2 atom stereocenters. The number of amides is 1. The van der Waals surface area contributed by atoms with E-state index in [1.165, 1.54) is 0 Å². The van der Waals surface area contributed by atoms with E-state index in [1.807, 2.05) is 32.9 Å². The highest BCUT2D eigenvalue weighted by Crippen LogP contribution is 2.28. The Morgan fingerprint density at radius 3 is 2.73 bits per heavy atom. The second-order valence-corrected chi connectivity index (χ2v) is 9.09. The number of ether oxygens (including phenoxy) is 2. The van der Waals surface area contributed by atoms with Crippen molar-refractivity contribution < 1.29 is 23.5 Å². The molecule has 2 fully saturated rings. The number of rotatable bonds is 4. The van der Waals surface area contributed by atoms with Gasteiger partial charge in [-0.15, -0.1) is 0 Å². The van der Waals surface area contributed by atoms with Gasteiger partial charge < -0.3 is 18.8 Å². The van der Waals surface area contributed by atoms with Crippen LogP contribution in [0.25, 0.3) is 11.0 Å². The molecule has 2 aliphatic heterocycles. The third-order valence-corrected chi connectivity index (χ3v) is 5.47. The highest BCUT2D eigenvalue weighted by atomic mass is 16.6. The summed E-state index contributed by atoms with van der Waals surface area (Å²) in [6.45, 7) is 9.02. The summed E-state index contributed by atoms with van der Waals surface area (Å²) in [5, 5.41) is 0.991. The molecule has 4 rings (SSSR count). The van der Waals surface area contributed by atoms with Crippen molar-refractivity contribution in [2.24, 2.45) is 5.92 Å². The second-order valence-electron chi connectivity index (χ2n) is 9.09. The highest BCUT2D eigenvalue weighted by molar-refractivity contribution is 5.78. The van der Waals surface area contributed by atoms with E-state index in [-0.39, 0.29) is 24.1 Å². The molecule has 0 N–H and O–H groups in total. The zero-order valence-corrected chi connectivity index (χ0v) is 17.8. The molecule has 0 saturated carbocycles. The molecule has 2 aromatic heterocycles. The molecule has 8 nitrogen and oxygen atoms in total. The molecular formula is C22H29N3O5. The summed E-state index contributed by atoms with van der Waals surface area (Å²) in [7, 11) is 0. The normalized spacial score (nSPS) is 23.0. The lowest BCUT2D eigenvalue weighted by atomic mass is 9.99. The number of piperazine rings is 1. The third kappa shape index (κ3) is 4.92. The Kier molecular flexibility index (Phi) is 5.69. The predicted octanol–water partition coefficient (Wildman–Crippen LogP) is 2.85. The Hall–Kier alpha value is -2.61. The zero-order chi connectivity index (χ0) is 21.3. The van der Waals surface area contributed by atoms with Crippen molar-refractivity contribution in [1.82, 2.24) is 14.8 Å². The van der Waals surface area contributed by atoms with E-state index in [2.05, 4.69) is 9.88 Å². The van der Waals surface area contributed by atoms with Crippen LogP contribution >= 0.6 is 0 Å². The fourth-order valence-electron chi connectivity index (χ4n) is 4.01. The van der Waals surface area contributed by atoms with Crippen molar-refractivity contribution in [3.63, 3.8) is 0 Å². The van der Waals surface area contributed by atoms with Crippen LogP contribution in [0.3, 0.4) is 0 Å². The molecule has 8 heteroatoms. The van der Waals surface area contributed by atoms with E-state index in [1.54, 1.807) is 17.3 Å². The Labute approximate surface area is 176 Å². The largest absolute Gasteiger partial charge is 0.461 e. The maximum Gasteiger partial charge on any atom is 0.410 e. The van der Waals surface area contributed by atoms with Gasteiger partial charge >= 0.3 is 12.1 Å². The van der Waals surface area contributed by atoms with Gasteiger partial charge in [-0.1, -0.05) is 0 Å². The van der Waals surface area contributed by atoms with Crippen molar-refractivity contribution in [2.75, 3.05) is 32.7 Å². The van der Waals surface area contributed by atoms with Crippen LogP contribution < -0.4 is 0 Å². The first-order chi connectivity index (χ1) is 14.3. The molecule has 2 aromatic rings. The van der Waals surface area contributed by atoms with Crippen molar-refractivity contribution in [3.05, 3.63) is 30.3 Å². The van der Waals surface area contributed by atoms with E-state index in [4.69, 9.17) is 13.9 Å². The summed E-state index contributed by atoms with van der Waals surface area (Å²) in [5.74, 6) is 0.434. The molecule has 0 bridgehead atoms. The summed E-state index contributed by atoms with van der Waals surface area (Å²) < 4.78 is 16.9. The minimum absolute atomic E-state index is 0.123. The standard InChI is InChI=1S/C22H29N3O5/c1-22(2,3)30-21(27)25-8-6-24(7-9-25)14-18-12-16(20(26)29-18)11-17-10-15-4-5-23-13-19(15)28-17/h4-5,10,13,16,18H,6-9,11-12,14H2,1-3H3/t16?,18-/m0/s1. The smallest absolute Gasteiger partial charge is 0.410 e. The Balaban J connectivity index is 1.25. The van der Waals surface area contributed by atoms with Crippen LogP contribution in [0.2, 0.25) is 0 Å². The number of pyridine rings is 1. The molecule has 1 amide bonds. The first-order valence-corrected chi connectivity index (χ1v) is 10.5. The fourth-order valence-corrected chi connectivity index (χ4v) is 4.01. The number of aromatic nitrogens is 1. The SMILES string of the molecule is CC(C)(C)OC(=O)N1CCN(C[C@@H]2CC(Cc3cc4ccncc4o3)C(=O)O2)CC1. The summed E-state index contributed by atoms with van der Waals surface area (Å²) in [5.41, 5.74) is 0.246. The predicted molar refractivity (Wildman–Crippen MR) is 110 cm³/mol. The number of esters is 1. The maximum atomic E-state index is 12.4. The van der Waals surface area contributed by atoms with Gasteiger partial charge in [0.15, 0.2) is 5.58 Å². The minimum Gasteiger partial charge on any atom is -0.461 e. The number of carbonyl (C=O) groups excluding carboxylic acids is 2. The lowest BCUT2D eigenvalue weighted by Gasteiger charge is -2.36. The second kappa shape index (κ2) is 8.26. The van der Waals surface area contributed by atoms with Gasteiger partial charge in [0.05, 0.1) is 12.1 Å². The van der Waals surface area contributed by atoms with Crippen LogP contribution in [0.1, 0.15) is 33.0 Å². The van der Waals surface area contributed by atoms with Crippen LogP contribution in [0.5, 0.6) is 0 Å². The lowest BCUT2D eigenvalue weighted by molar-refractivity contribution is -0.145. The number of hydrogen-bond donors (Lipinski definition) is 0. The van der Waals surface area contributed by atoms with Crippen molar-refractivity contribution in [2.45, 2.75) is 45.3 Å². The Morgan fingerprint density at radius 1 is 1.27 bits per heavy atom. The van der Waals surface area contributed by atoms with E-state index in [9.17, 15) is 9.59 Å². The first kappa shape index (κ1) is 20.7. The van der Waals surface area contributed by atoms with Crippen LogP contribution in [0.15, 0.2) is 28.9 Å². The fraction of sp³-hybridized carbons (Fsp3) is 0.591. The van der Waals surface area contributed by atoms with Crippen molar-refractivity contribution in [3.8, 4) is 0 Å². The molecule has 2 saturated heterocycles. The quantitative estimate of drug-likeness (QED) is 0.710. The van der Waals surface area contributed by atoms with Crippen LogP contribution in [-0.2, 0) is 20.7 Å². The molecule has 1 unspecified atom stereocenters. The maximum absolute atomic E-state index is 12.4. The first-order valence-electron chi connectivity index (χ1n) is 10.5. The average Bonchev–Trinajstić information content (AvgIpc) is 3.23. The molecular weight excluding hydrogens is 386 g/mol. The van der Waals surface area contributed by atoms with Gasteiger partial charge in [0.1, 0.15) is 17.5 Å². The molecule has 0 aliphatic carbocycles. The van der Waals surface area contributed by atoms with Crippen LogP contribution in [0.4, 0.5) is 4.79 Å². The Bertz CT molecular complexity index is 878. The summed E-state index contributed by atoms with van der Waals surface area (Å²) in [6.07, 6.45) is 4.24. The van der Waals surface area contributed by atoms with E-state index in [0.717, 1.165) is 29.8 Å². The van der Waals surface area contributed by atoms with Gasteiger partial charge in [-0.25, -0.2) is 4.79 Å². The number of furan rings is 1. The van der Waals surface area contributed by atoms with Crippen molar-refractivity contribution in [1.29, 1.82) is 0 Å². The number of cyclic esters (lactones) is 1. The minimum atomic E-state index is -0.488. The van der Waals surface area contributed by atoms with Crippen LogP contribution in [-0.4, -0.2) is 71.3 Å². The van der Waals surface area contributed by atoms with Gasteiger partial charge in [-0.05, 0) is 39.3 Å². The summed E-state index contributed by atoms with van der Waals surface area (Å²) in [6, 6.07) is 3.86. The van der Waals surface area contributed by atoms with Gasteiger partial charge in [0, 0.05) is 50.7 Å². The van der Waals surface area contributed by atoms with Crippen LogP contribution in [0, 0.1) is 5.92 Å². The number of hydrogen-bond acceptors (Lipinski definition) is 7. The Morgan fingerprint density at radius 2 is 2.03 bits per heavy atom. The number of fused-ring (bicyclic) bond motifs is 1. The van der Waals surface area contributed by atoms with E-state index in [0.29, 0.717) is 32.5 Å². The molecule has 0 aromatic carbocycles. The molecule has 0 radical (unpaired) electrons. The highest BCUT2D eigenvalue weighted by Gasteiger charge is 2.37. The topological polar surface area (TPSA) is 85.1 Å². The monoisotopic (exact) mass is 415 g/mol. The molecule has 0 spiro atoms. The van der Waals surface area contributed by atoms with E-state index >= 15 is 0 Å².